The van der Waals surface area contributed by atoms with Crippen molar-refractivity contribution < 1.29 is 23.1 Å². The summed E-state index contributed by atoms with van der Waals surface area (Å²) in [6.45, 7) is 1.53. The molecule has 0 bridgehead atoms. The Bertz CT molecular complexity index is 1210. The maximum atomic E-state index is 12.6. The predicted octanol–water partition coefficient (Wildman–Crippen LogP) is 4.40. The van der Waals surface area contributed by atoms with Crippen LogP contribution >= 0.6 is 11.6 Å². The highest BCUT2D eigenvalue weighted by Gasteiger charge is 2.17. The molecule has 154 valence electrons. The van der Waals surface area contributed by atoms with Crippen LogP contribution in [0.4, 0.5) is 11.4 Å². The summed E-state index contributed by atoms with van der Waals surface area (Å²) in [5.41, 5.74) is 1.59. The van der Waals surface area contributed by atoms with Crippen LogP contribution in [-0.4, -0.2) is 25.4 Å². The summed E-state index contributed by atoms with van der Waals surface area (Å²) in [5.74, 6) is -1.45. The SMILES string of the molecule is Cc1cc(S(=O)(=O)Nc2ccc(NC(=O)c3ccc(Cl)cc3)cc2)ccc1C(=O)O. The summed E-state index contributed by atoms with van der Waals surface area (Å²) in [6, 6.07) is 16.3. The van der Waals surface area contributed by atoms with Gasteiger partial charge in [-0.15, -0.1) is 0 Å². The zero-order valence-corrected chi connectivity index (χ0v) is 17.3. The molecule has 30 heavy (non-hydrogen) atoms. The molecule has 1 amide bonds. The van der Waals surface area contributed by atoms with Crippen LogP contribution in [0.15, 0.2) is 71.6 Å². The molecule has 0 heterocycles. The first-order valence-corrected chi connectivity index (χ1v) is 10.6. The molecular formula is C21H17ClN2O5S. The Labute approximate surface area is 178 Å². The average molecular weight is 445 g/mol. The van der Waals surface area contributed by atoms with Crippen molar-refractivity contribution in [2.75, 3.05) is 10.0 Å². The van der Waals surface area contributed by atoms with E-state index in [1.54, 1.807) is 36.4 Å². The first-order valence-electron chi connectivity index (χ1n) is 8.69. The molecule has 3 rings (SSSR count). The quantitative estimate of drug-likeness (QED) is 0.521. The number of sulfonamides is 1. The maximum absolute atomic E-state index is 12.6. The lowest BCUT2D eigenvalue weighted by molar-refractivity contribution is 0.0695. The molecule has 0 aliphatic carbocycles. The number of rotatable bonds is 6. The fourth-order valence-corrected chi connectivity index (χ4v) is 3.95. The number of hydrogen-bond acceptors (Lipinski definition) is 4. The van der Waals surface area contributed by atoms with E-state index in [1.807, 2.05) is 0 Å². The van der Waals surface area contributed by atoms with Gasteiger partial charge >= 0.3 is 5.97 Å². The Morgan fingerprint density at radius 3 is 2.07 bits per heavy atom. The van der Waals surface area contributed by atoms with Gasteiger partial charge in [0, 0.05) is 22.0 Å². The van der Waals surface area contributed by atoms with E-state index < -0.39 is 16.0 Å². The third-order valence-electron chi connectivity index (χ3n) is 4.24. The fourth-order valence-electron chi connectivity index (χ4n) is 2.68. The number of nitrogens with one attached hydrogen (secondary N) is 2. The van der Waals surface area contributed by atoms with Gasteiger partial charge in [0.1, 0.15) is 0 Å². The van der Waals surface area contributed by atoms with Crippen molar-refractivity contribution in [3.8, 4) is 0 Å². The molecule has 0 saturated heterocycles. The van der Waals surface area contributed by atoms with E-state index in [-0.39, 0.29) is 16.4 Å². The molecule has 0 aromatic heterocycles. The summed E-state index contributed by atoms with van der Waals surface area (Å²) < 4.78 is 27.6. The van der Waals surface area contributed by atoms with Gasteiger partial charge in [0.2, 0.25) is 0 Å². The molecule has 0 radical (unpaired) electrons. The second kappa shape index (κ2) is 8.56. The van der Waals surface area contributed by atoms with Crippen LogP contribution in [0.5, 0.6) is 0 Å². The molecule has 0 unspecified atom stereocenters. The van der Waals surface area contributed by atoms with E-state index in [0.717, 1.165) is 0 Å². The highest BCUT2D eigenvalue weighted by Crippen LogP contribution is 2.21. The van der Waals surface area contributed by atoms with Crippen LogP contribution in [0.1, 0.15) is 26.3 Å². The molecule has 0 aliphatic rings. The zero-order valence-electron chi connectivity index (χ0n) is 15.7. The molecule has 0 atom stereocenters. The Kier molecular flexibility index (Phi) is 6.09. The third kappa shape index (κ3) is 4.97. The minimum Gasteiger partial charge on any atom is -0.478 e. The molecule has 9 heteroatoms. The van der Waals surface area contributed by atoms with Gasteiger partial charge in [-0.25, -0.2) is 13.2 Å². The number of carbonyl (C=O) groups excluding carboxylic acids is 1. The largest absolute Gasteiger partial charge is 0.478 e. The van der Waals surface area contributed by atoms with Gasteiger partial charge in [-0.1, -0.05) is 11.6 Å². The second-order valence-electron chi connectivity index (χ2n) is 6.43. The Morgan fingerprint density at radius 1 is 0.900 bits per heavy atom. The monoisotopic (exact) mass is 444 g/mol. The van der Waals surface area contributed by atoms with Crippen molar-refractivity contribution in [2.45, 2.75) is 11.8 Å². The lowest BCUT2D eigenvalue weighted by Crippen LogP contribution is -2.14. The fraction of sp³-hybridized carbons (Fsp3) is 0.0476. The van der Waals surface area contributed by atoms with Gasteiger partial charge in [0.05, 0.1) is 10.5 Å². The number of carboxylic acids is 1. The lowest BCUT2D eigenvalue weighted by atomic mass is 10.1. The summed E-state index contributed by atoms with van der Waals surface area (Å²) >= 11 is 5.81. The maximum Gasteiger partial charge on any atom is 0.335 e. The molecular weight excluding hydrogens is 428 g/mol. The number of amides is 1. The smallest absolute Gasteiger partial charge is 0.335 e. The molecule has 0 aliphatic heterocycles. The summed E-state index contributed by atoms with van der Waals surface area (Å²) in [5, 5.41) is 12.3. The molecule has 3 aromatic carbocycles. The first kappa shape index (κ1) is 21.4. The first-order chi connectivity index (χ1) is 14.2. The molecule has 0 spiro atoms. The van der Waals surface area contributed by atoms with Crippen molar-refractivity contribution in [2.24, 2.45) is 0 Å². The summed E-state index contributed by atoms with van der Waals surface area (Å²) in [7, 11) is -3.90. The van der Waals surface area contributed by atoms with E-state index in [0.29, 0.717) is 27.5 Å². The van der Waals surface area contributed by atoms with E-state index >= 15 is 0 Å². The van der Waals surface area contributed by atoms with Crippen molar-refractivity contribution >= 4 is 44.9 Å². The Balaban J connectivity index is 1.71. The van der Waals surface area contributed by atoms with Crippen LogP contribution < -0.4 is 10.0 Å². The second-order valence-corrected chi connectivity index (χ2v) is 8.54. The number of hydrogen-bond donors (Lipinski definition) is 3. The molecule has 0 saturated carbocycles. The van der Waals surface area contributed by atoms with Gasteiger partial charge in [-0.3, -0.25) is 9.52 Å². The van der Waals surface area contributed by atoms with Crippen molar-refractivity contribution in [1.82, 2.24) is 0 Å². The van der Waals surface area contributed by atoms with Crippen LogP contribution in [0, 0.1) is 6.92 Å². The van der Waals surface area contributed by atoms with Gasteiger partial charge < -0.3 is 10.4 Å². The van der Waals surface area contributed by atoms with Crippen molar-refractivity contribution in [3.05, 3.63) is 88.4 Å². The summed E-state index contributed by atoms with van der Waals surface area (Å²) in [6.07, 6.45) is 0. The minimum atomic E-state index is -3.90. The number of carbonyl (C=O) groups is 2. The van der Waals surface area contributed by atoms with Crippen LogP contribution in [-0.2, 0) is 10.0 Å². The highest BCUT2D eigenvalue weighted by atomic mass is 35.5. The number of aryl methyl sites for hydroxylation is 1. The van der Waals surface area contributed by atoms with Crippen molar-refractivity contribution in [1.29, 1.82) is 0 Å². The topological polar surface area (TPSA) is 113 Å². The Hall–Kier alpha value is -3.36. The zero-order chi connectivity index (χ0) is 21.9. The molecule has 0 fully saturated rings. The lowest BCUT2D eigenvalue weighted by Gasteiger charge is -2.11. The Morgan fingerprint density at radius 2 is 1.50 bits per heavy atom. The predicted molar refractivity (Wildman–Crippen MR) is 115 cm³/mol. The average Bonchev–Trinajstić information content (AvgIpc) is 2.69. The highest BCUT2D eigenvalue weighted by molar-refractivity contribution is 7.92. The molecule has 3 aromatic rings. The van der Waals surface area contributed by atoms with E-state index in [4.69, 9.17) is 16.7 Å². The van der Waals surface area contributed by atoms with Crippen LogP contribution in [0.2, 0.25) is 5.02 Å². The van der Waals surface area contributed by atoms with Crippen LogP contribution in [0.25, 0.3) is 0 Å². The van der Waals surface area contributed by atoms with Crippen molar-refractivity contribution in [3.63, 3.8) is 0 Å². The van der Waals surface area contributed by atoms with E-state index in [2.05, 4.69) is 10.0 Å². The number of aromatic carboxylic acids is 1. The normalized spacial score (nSPS) is 11.0. The summed E-state index contributed by atoms with van der Waals surface area (Å²) in [4.78, 5) is 23.3. The third-order valence-corrected chi connectivity index (χ3v) is 5.87. The van der Waals surface area contributed by atoms with E-state index in [1.165, 1.54) is 37.3 Å². The number of halogens is 1. The van der Waals surface area contributed by atoms with Gasteiger partial charge in [-0.2, -0.15) is 0 Å². The van der Waals surface area contributed by atoms with Gasteiger partial charge in [0.25, 0.3) is 15.9 Å². The van der Waals surface area contributed by atoms with Gasteiger partial charge in [0.15, 0.2) is 0 Å². The number of carboxylic acid groups (broad SMARTS) is 1. The van der Waals surface area contributed by atoms with Crippen LogP contribution in [0.3, 0.4) is 0 Å². The number of anilines is 2. The number of benzene rings is 3. The standard InChI is InChI=1S/C21H17ClN2O5S/c1-13-12-18(10-11-19(13)21(26)27)30(28,29)24-17-8-6-16(7-9-17)23-20(25)14-2-4-15(22)5-3-14/h2-12,24H,1H3,(H,23,25)(H,26,27). The van der Waals surface area contributed by atoms with Gasteiger partial charge in [-0.05, 0) is 79.2 Å². The minimum absolute atomic E-state index is 0.0368. The molecule has 7 nitrogen and oxygen atoms in total. The van der Waals surface area contributed by atoms with E-state index in [9.17, 15) is 18.0 Å². The molecule has 3 N–H and O–H groups in total.